The first-order valence-electron chi connectivity index (χ1n) is 9.62. The summed E-state index contributed by atoms with van der Waals surface area (Å²) >= 11 is 0. The number of para-hydroxylation sites is 1. The summed E-state index contributed by atoms with van der Waals surface area (Å²) in [5.74, 6) is -0.463. The van der Waals surface area contributed by atoms with Crippen LogP contribution in [-0.2, 0) is 17.9 Å². The van der Waals surface area contributed by atoms with Crippen LogP contribution in [0.15, 0.2) is 65.5 Å². The van der Waals surface area contributed by atoms with Crippen molar-refractivity contribution >= 4 is 28.5 Å². The van der Waals surface area contributed by atoms with E-state index in [2.05, 4.69) is 15.7 Å². The van der Waals surface area contributed by atoms with Crippen molar-refractivity contribution in [3.8, 4) is 0 Å². The second-order valence-electron chi connectivity index (χ2n) is 7.00. The van der Waals surface area contributed by atoms with Crippen LogP contribution in [0, 0.1) is 6.92 Å². The number of imide groups is 1. The van der Waals surface area contributed by atoms with Gasteiger partial charge in [0, 0.05) is 25.6 Å². The third-order valence-corrected chi connectivity index (χ3v) is 4.81. The van der Waals surface area contributed by atoms with Crippen molar-refractivity contribution in [1.29, 1.82) is 0 Å². The molecule has 4 rings (SSSR count). The summed E-state index contributed by atoms with van der Waals surface area (Å²) in [6, 6.07) is 17.9. The lowest BCUT2D eigenvalue weighted by atomic mass is 10.2. The lowest BCUT2D eigenvalue weighted by Gasteiger charge is -2.11. The summed E-state index contributed by atoms with van der Waals surface area (Å²) in [5.41, 5.74) is 2.83. The number of carbonyl (C=O) groups is 2. The van der Waals surface area contributed by atoms with E-state index in [0.717, 1.165) is 11.3 Å². The Kier molecular flexibility index (Phi) is 5.30. The van der Waals surface area contributed by atoms with Crippen LogP contribution in [0.4, 0.5) is 4.79 Å². The van der Waals surface area contributed by atoms with Crippen molar-refractivity contribution in [2.24, 2.45) is 0 Å². The number of fused-ring (bicyclic) bond motifs is 3. The molecule has 3 amide bonds. The van der Waals surface area contributed by atoms with Crippen LogP contribution in [0.3, 0.4) is 0 Å². The van der Waals surface area contributed by atoms with Gasteiger partial charge in [0.2, 0.25) is 5.91 Å². The van der Waals surface area contributed by atoms with Gasteiger partial charge < -0.3 is 5.32 Å². The minimum absolute atomic E-state index is 0.0170. The number of benzene rings is 2. The molecular weight excluding hydrogens is 382 g/mol. The maximum absolute atomic E-state index is 13.0. The number of hydrogen-bond donors (Lipinski definition) is 2. The molecule has 2 heterocycles. The first kappa shape index (κ1) is 19.4. The van der Waals surface area contributed by atoms with Crippen molar-refractivity contribution in [3.63, 3.8) is 0 Å². The smallest absolute Gasteiger partial charge is 0.321 e. The molecule has 2 aromatic heterocycles. The minimum Gasteiger partial charge on any atom is -0.334 e. The highest BCUT2D eigenvalue weighted by Gasteiger charge is 2.14. The zero-order chi connectivity index (χ0) is 21.1. The summed E-state index contributed by atoms with van der Waals surface area (Å²) in [6.45, 7) is 2.30. The van der Waals surface area contributed by atoms with Gasteiger partial charge in [0.15, 0.2) is 0 Å². The molecular formula is C22H21N5O3. The lowest BCUT2D eigenvalue weighted by molar-refractivity contribution is -0.120. The zero-order valence-electron chi connectivity index (χ0n) is 16.5. The molecule has 8 nitrogen and oxygen atoms in total. The largest absolute Gasteiger partial charge is 0.334 e. The normalized spacial score (nSPS) is 11.0. The SMILES string of the molecule is Cc1cc2n(CCC(=O)NC(=O)NCc3ccccc3)c(=O)c3ccccc3n2n1. The number of carbonyl (C=O) groups excluding carboxylic acids is 2. The van der Waals surface area contributed by atoms with E-state index in [1.807, 2.05) is 49.4 Å². The number of aromatic nitrogens is 3. The summed E-state index contributed by atoms with van der Waals surface area (Å²) in [7, 11) is 0. The fourth-order valence-electron chi connectivity index (χ4n) is 3.38. The zero-order valence-corrected chi connectivity index (χ0v) is 16.5. The average molecular weight is 403 g/mol. The molecule has 0 unspecified atom stereocenters. The summed E-state index contributed by atoms with van der Waals surface area (Å²) in [6.07, 6.45) is -0.0170. The third kappa shape index (κ3) is 3.93. The van der Waals surface area contributed by atoms with E-state index in [1.165, 1.54) is 4.57 Å². The number of nitrogens with one attached hydrogen (secondary N) is 2. The number of amides is 3. The highest BCUT2D eigenvalue weighted by atomic mass is 16.2. The minimum atomic E-state index is -0.569. The molecule has 0 spiro atoms. The van der Waals surface area contributed by atoms with E-state index < -0.39 is 11.9 Å². The molecule has 0 aliphatic heterocycles. The van der Waals surface area contributed by atoms with Crippen LogP contribution in [0.2, 0.25) is 0 Å². The van der Waals surface area contributed by atoms with Crippen molar-refractivity contribution < 1.29 is 9.59 Å². The van der Waals surface area contributed by atoms with Crippen molar-refractivity contribution in [3.05, 3.63) is 82.3 Å². The first-order valence-corrected chi connectivity index (χ1v) is 9.62. The fraction of sp³-hybridized carbons (Fsp3) is 0.182. The van der Waals surface area contributed by atoms with Crippen LogP contribution >= 0.6 is 0 Å². The molecule has 0 bridgehead atoms. The average Bonchev–Trinajstić information content (AvgIpc) is 3.14. The maximum atomic E-state index is 13.0. The molecule has 2 N–H and O–H groups in total. The van der Waals surface area contributed by atoms with Gasteiger partial charge in [-0.1, -0.05) is 42.5 Å². The van der Waals surface area contributed by atoms with E-state index in [9.17, 15) is 14.4 Å². The van der Waals surface area contributed by atoms with Crippen LogP contribution < -0.4 is 16.2 Å². The Morgan fingerprint density at radius 3 is 2.57 bits per heavy atom. The van der Waals surface area contributed by atoms with E-state index >= 15 is 0 Å². The quantitative estimate of drug-likeness (QED) is 0.535. The predicted molar refractivity (Wildman–Crippen MR) is 113 cm³/mol. The Hall–Kier alpha value is -3.94. The van der Waals surface area contributed by atoms with Crippen LogP contribution in [0.25, 0.3) is 16.6 Å². The van der Waals surface area contributed by atoms with Crippen LogP contribution in [-0.4, -0.2) is 26.1 Å². The molecule has 8 heteroatoms. The highest BCUT2D eigenvalue weighted by Crippen LogP contribution is 2.14. The van der Waals surface area contributed by atoms with Crippen molar-refractivity contribution in [2.45, 2.75) is 26.4 Å². The van der Waals surface area contributed by atoms with Crippen molar-refractivity contribution in [1.82, 2.24) is 24.8 Å². The van der Waals surface area contributed by atoms with Gasteiger partial charge in [-0.2, -0.15) is 5.10 Å². The van der Waals surface area contributed by atoms with E-state index in [-0.39, 0.29) is 18.5 Å². The van der Waals surface area contributed by atoms with Gasteiger partial charge in [0.1, 0.15) is 5.65 Å². The number of urea groups is 1. The number of rotatable bonds is 5. The topological polar surface area (TPSA) is 97.5 Å². The molecule has 0 atom stereocenters. The van der Waals surface area contributed by atoms with Gasteiger partial charge in [-0.3, -0.25) is 19.5 Å². The maximum Gasteiger partial charge on any atom is 0.321 e. The third-order valence-electron chi connectivity index (χ3n) is 4.81. The van der Waals surface area contributed by atoms with Crippen LogP contribution in [0.1, 0.15) is 17.7 Å². The number of aryl methyl sites for hydroxylation is 2. The standard InChI is InChI=1S/C22H21N5O3/c1-15-13-20-26(21(29)17-9-5-6-10-18(17)27(20)25-15)12-11-19(28)24-22(30)23-14-16-7-3-2-4-8-16/h2-10,13H,11-12,14H2,1H3,(H2,23,24,28,30). The first-order chi connectivity index (χ1) is 14.5. The highest BCUT2D eigenvalue weighted by molar-refractivity contribution is 5.94. The Bertz CT molecular complexity index is 1290. The van der Waals surface area contributed by atoms with Gasteiger partial charge in [0.25, 0.3) is 5.56 Å². The molecule has 0 saturated heterocycles. The van der Waals surface area contributed by atoms with E-state index in [4.69, 9.17) is 0 Å². The Morgan fingerprint density at radius 2 is 1.77 bits per heavy atom. The molecule has 0 aliphatic rings. The molecule has 0 aliphatic carbocycles. The van der Waals surface area contributed by atoms with Gasteiger partial charge in [0.05, 0.1) is 16.6 Å². The van der Waals surface area contributed by atoms with Gasteiger partial charge in [-0.15, -0.1) is 0 Å². The second-order valence-corrected chi connectivity index (χ2v) is 7.00. The Labute approximate surface area is 172 Å². The molecule has 0 saturated carbocycles. The van der Waals surface area contributed by atoms with Gasteiger partial charge in [-0.25, -0.2) is 9.31 Å². The monoisotopic (exact) mass is 403 g/mol. The Morgan fingerprint density at radius 1 is 1.03 bits per heavy atom. The van der Waals surface area contributed by atoms with Gasteiger partial charge in [-0.05, 0) is 24.6 Å². The molecule has 30 heavy (non-hydrogen) atoms. The van der Waals surface area contributed by atoms with E-state index in [1.54, 1.807) is 22.7 Å². The summed E-state index contributed by atoms with van der Waals surface area (Å²) < 4.78 is 3.22. The molecule has 0 radical (unpaired) electrons. The molecule has 0 fully saturated rings. The Balaban J connectivity index is 1.46. The van der Waals surface area contributed by atoms with Crippen LogP contribution in [0.5, 0.6) is 0 Å². The number of hydrogen-bond acceptors (Lipinski definition) is 4. The molecule has 152 valence electrons. The van der Waals surface area contributed by atoms with Gasteiger partial charge >= 0.3 is 6.03 Å². The van der Waals surface area contributed by atoms with Crippen molar-refractivity contribution in [2.75, 3.05) is 0 Å². The predicted octanol–water partition coefficient (Wildman–Crippen LogP) is 2.37. The summed E-state index contributed by atoms with van der Waals surface area (Å²) in [4.78, 5) is 37.2. The van der Waals surface area contributed by atoms with E-state index in [0.29, 0.717) is 23.1 Å². The second kappa shape index (κ2) is 8.20. The molecule has 4 aromatic rings. The summed E-state index contributed by atoms with van der Waals surface area (Å²) in [5, 5.41) is 9.93. The number of nitrogens with zero attached hydrogens (tertiary/aromatic N) is 3. The fourth-order valence-corrected chi connectivity index (χ4v) is 3.38. The molecule has 2 aromatic carbocycles. The lowest BCUT2D eigenvalue weighted by Crippen LogP contribution is -2.39.